The van der Waals surface area contributed by atoms with Gasteiger partial charge in [-0.3, -0.25) is 15.5 Å². The molecule has 0 unspecified atom stereocenters. The highest BCUT2D eigenvalue weighted by atomic mass is 16.6. The second-order valence-corrected chi connectivity index (χ2v) is 4.36. The first kappa shape index (κ1) is 12.7. The van der Waals surface area contributed by atoms with Crippen LogP contribution in [0.2, 0.25) is 0 Å². The molecule has 0 saturated heterocycles. The Labute approximate surface area is 118 Å². The molecule has 1 aromatic carbocycles. The first-order valence-electron chi connectivity index (χ1n) is 6.00. The van der Waals surface area contributed by atoms with Crippen molar-refractivity contribution in [3.05, 3.63) is 58.4 Å². The lowest BCUT2D eigenvalue weighted by Gasteiger charge is -2.08. The highest BCUT2D eigenvalue weighted by molar-refractivity contribution is 6.07. The molecule has 3 aromatic rings. The Balaban J connectivity index is 2.23. The quantitative estimate of drug-likeness (QED) is 0.327. The number of nitrogens with one attached hydrogen (secondary N) is 1. The van der Waals surface area contributed by atoms with E-state index in [-0.39, 0.29) is 11.5 Å². The molecule has 0 aliphatic heterocycles. The van der Waals surface area contributed by atoms with Crippen LogP contribution in [0.5, 0.6) is 0 Å². The molecule has 0 bridgehead atoms. The summed E-state index contributed by atoms with van der Waals surface area (Å²) in [6, 6.07) is 8.82. The third kappa shape index (κ3) is 2.18. The van der Waals surface area contributed by atoms with E-state index in [1.807, 2.05) is 18.2 Å². The SMILES string of the molecule is N=C(N)c1cc(-n2cc([N+](=O)[O-])cn2)nc2ccccc12. The van der Waals surface area contributed by atoms with Gasteiger partial charge in [0.1, 0.15) is 18.2 Å². The van der Waals surface area contributed by atoms with Crippen molar-refractivity contribution in [1.82, 2.24) is 14.8 Å². The predicted molar refractivity (Wildman–Crippen MR) is 76.5 cm³/mol. The first-order chi connectivity index (χ1) is 10.1. The van der Waals surface area contributed by atoms with Gasteiger partial charge in [-0.15, -0.1) is 0 Å². The zero-order valence-corrected chi connectivity index (χ0v) is 10.7. The van der Waals surface area contributed by atoms with E-state index in [2.05, 4.69) is 10.1 Å². The summed E-state index contributed by atoms with van der Waals surface area (Å²) >= 11 is 0. The van der Waals surface area contributed by atoms with E-state index in [0.29, 0.717) is 16.9 Å². The van der Waals surface area contributed by atoms with Gasteiger partial charge < -0.3 is 5.73 Å². The van der Waals surface area contributed by atoms with Crippen LogP contribution in [0, 0.1) is 15.5 Å². The summed E-state index contributed by atoms with van der Waals surface area (Å²) in [5, 5.41) is 23.0. The average molecular weight is 282 g/mol. The van der Waals surface area contributed by atoms with Crippen LogP contribution in [0.1, 0.15) is 5.56 Å². The van der Waals surface area contributed by atoms with Gasteiger partial charge in [-0.05, 0) is 12.1 Å². The van der Waals surface area contributed by atoms with Crippen LogP contribution in [-0.2, 0) is 0 Å². The van der Waals surface area contributed by atoms with Gasteiger partial charge in [0.2, 0.25) is 0 Å². The minimum absolute atomic E-state index is 0.100. The third-order valence-corrected chi connectivity index (χ3v) is 3.01. The van der Waals surface area contributed by atoms with E-state index in [0.717, 1.165) is 11.6 Å². The maximum atomic E-state index is 10.7. The number of nitrogen functional groups attached to an aromatic ring is 1. The lowest BCUT2D eigenvalue weighted by atomic mass is 10.1. The van der Waals surface area contributed by atoms with Crippen molar-refractivity contribution in [2.45, 2.75) is 0 Å². The van der Waals surface area contributed by atoms with Crippen LogP contribution < -0.4 is 5.73 Å². The highest BCUT2D eigenvalue weighted by Crippen LogP contribution is 2.20. The van der Waals surface area contributed by atoms with Crippen LogP contribution in [-0.4, -0.2) is 25.5 Å². The Morgan fingerprint density at radius 1 is 1.38 bits per heavy atom. The van der Waals surface area contributed by atoms with Crippen LogP contribution in [0.15, 0.2) is 42.7 Å². The molecule has 104 valence electrons. The number of para-hydroxylation sites is 1. The summed E-state index contributed by atoms with van der Waals surface area (Å²) in [5.41, 5.74) is 6.61. The summed E-state index contributed by atoms with van der Waals surface area (Å²) in [7, 11) is 0. The summed E-state index contributed by atoms with van der Waals surface area (Å²) in [4.78, 5) is 14.6. The molecule has 0 radical (unpaired) electrons. The number of hydrogen-bond acceptors (Lipinski definition) is 5. The summed E-state index contributed by atoms with van der Waals surface area (Å²) in [6.07, 6.45) is 2.41. The van der Waals surface area contributed by atoms with Crippen molar-refractivity contribution in [3.63, 3.8) is 0 Å². The number of nitrogens with zero attached hydrogens (tertiary/aromatic N) is 4. The molecule has 0 atom stereocenters. The molecule has 8 nitrogen and oxygen atoms in total. The van der Waals surface area contributed by atoms with Gasteiger partial charge in [-0.1, -0.05) is 18.2 Å². The van der Waals surface area contributed by atoms with E-state index >= 15 is 0 Å². The zero-order chi connectivity index (χ0) is 15.0. The lowest BCUT2D eigenvalue weighted by molar-refractivity contribution is -0.384. The van der Waals surface area contributed by atoms with E-state index < -0.39 is 4.92 Å². The smallest absolute Gasteiger partial charge is 0.307 e. The molecule has 2 aromatic heterocycles. The van der Waals surface area contributed by atoms with Gasteiger partial charge in [-0.2, -0.15) is 5.10 Å². The van der Waals surface area contributed by atoms with Crippen molar-refractivity contribution in [2.24, 2.45) is 5.73 Å². The number of pyridine rings is 1. The summed E-state index contributed by atoms with van der Waals surface area (Å²) in [5.74, 6) is 0.267. The lowest BCUT2D eigenvalue weighted by Crippen LogP contribution is -2.13. The van der Waals surface area contributed by atoms with Crippen molar-refractivity contribution in [3.8, 4) is 5.82 Å². The monoisotopic (exact) mass is 282 g/mol. The fraction of sp³-hybridized carbons (Fsp3) is 0. The second-order valence-electron chi connectivity index (χ2n) is 4.36. The van der Waals surface area contributed by atoms with Gasteiger partial charge in [0.15, 0.2) is 5.82 Å². The average Bonchev–Trinajstić information content (AvgIpc) is 2.96. The molecule has 0 spiro atoms. The highest BCUT2D eigenvalue weighted by Gasteiger charge is 2.13. The van der Waals surface area contributed by atoms with E-state index in [1.165, 1.54) is 10.9 Å². The van der Waals surface area contributed by atoms with Gasteiger partial charge in [-0.25, -0.2) is 9.67 Å². The molecular formula is C13H10N6O2. The molecule has 0 amide bonds. The number of nitrogens with two attached hydrogens (primary N) is 1. The van der Waals surface area contributed by atoms with Gasteiger partial charge in [0.25, 0.3) is 0 Å². The molecule has 3 N–H and O–H groups in total. The van der Waals surface area contributed by atoms with Gasteiger partial charge in [0.05, 0.1) is 10.4 Å². The minimum Gasteiger partial charge on any atom is -0.384 e. The van der Waals surface area contributed by atoms with Crippen molar-refractivity contribution in [1.29, 1.82) is 5.41 Å². The van der Waals surface area contributed by atoms with Gasteiger partial charge in [0, 0.05) is 10.9 Å². The summed E-state index contributed by atoms with van der Waals surface area (Å²) < 4.78 is 1.29. The van der Waals surface area contributed by atoms with Crippen LogP contribution in [0.4, 0.5) is 5.69 Å². The zero-order valence-electron chi connectivity index (χ0n) is 10.7. The molecule has 0 saturated carbocycles. The Bertz CT molecular complexity index is 870. The van der Waals surface area contributed by atoms with Crippen molar-refractivity contribution >= 4 is 22.4 Å². The first-order valence-corrected chi connectivity index (χ1v) is 6.00. The molecular weight excluding hydrogens is 272 g/mol. The van der Waals surface area contributed by atoms with E-state index in [9.17, 15) is 10.1 Å². The van der Waals surface area contributed by atoms with Crippen molar-refractivity contribution in [2.75, 3.05) is 0 Å². The number of fused-ring (bicyclic) bond motifs is 1. The maximum absolute atomic E-state index is 10.7. The molecule has 0 fully saturated rings. The number of rotatable bonds is 3. The molecule has 3 rings (SSSR count). The predicted octanol–water partition coefficient (Wildman–Crippen LogP) is 1.61. The third-order valence-electron chi connectivity index (χ3n) is 3.01. The Hall–Kier alpha value is -3.29. The van der Waals surface area contributed by atoms with Crippen LogP contribution in [0.3, 0.4) is 0 Å². The van der Waals surface area contributed by atoms with Crippen molar-refractivity contribution < 1.29 is 4.92 Å². The minimum atomic E-state index is -0.531. The topological polar surface area (TPSA) is 124 Å². The van der Waals surface area contributed by atoms with E-state index in [1.54, 1.807) is 12.1 Å². The number of nitro groups is 1. The molecule has 2 heterocycles. The number of benzene rings is 1. The number of amidine groups is 1. The normalized spacial score (nSPS) is 10.7. The van der Waals surface area contributed by atoms with Crippen LogP contribution in [0.25, 0.3) is 16.7 Å². The Morgan fingerprint density at radius 2 is 2.14 bits per heavy atom. The Kier molecular flexibility index (Phi) is 2.83. The fourth-order valence-corrected chi connectivity index (χ4v) is 2.03. The van der Waals surface area contributed by atoms with Gasteiger partial charge >= 0.3 is 5.69 Å². The molecule has 8 heteroatoms. The largest absolute Gasteiger partial charge is 0.384 e. The summed E-state index contributed by atoms with van der Waals surface area (Å²) in [6.45, 7) is 0. The Morgan fingerprint density at radius 3 is 2.81 bits per heavy atom. The molecule has 0 aliphatic carbocycles. The maximum Gasteiger partial charge on any atom is 0.307 e. The standard InChI is InChI=1S/C13H10N6O2/c14-13(15)10-5-12(17-11-4-2-1-3-9(10)11)18-7-8(6-16-18)19(20)21/h1-7H,(H3,14,15). The van der Waals surface area contributed by atoms with E-state index in [4.69, 9.17) is 11.1 Å². The fourth-order valence-electron chi connectivity index (χ4n) is 2.03. The number of hydrogen-bond donors (Lipinski definition) is 2. The number of aromatic nitrogens is 3. The second kappa shape index (κ2) is 4.67. The van der Waals surface area contributed by atoms with Crippen LogP contribution >= 0.6 is 0 Å². The molecule has 0 aliphatic rings. The molecule has 21 heavy (non-hydrogen) atoms.